The second kappa shape index (κ2) is 6.14. The number of carbonyl (C=O) groups is 1. The Morgan fingerprint density at radius 3 is 2.72 bits per heavy atom. The highest BCUT2D eigenvalue weighted by Crippen LogP contribution is 2.21. The van der Waals surface area contributed by atoms with Crippen LogP contribution in [0.2, 0.25) is 0 Å². The molecule has 1 aromatic carbocycles. The van der Waals surface area contributed by atoms with Gasteiger partial charge in [-0.05, 0) is 26.3 Å². The van der Waals surface area contributed by atoms with E-state index < -0.39 is 4.92 Å². The number of hydrogen-bond donors (Lipinski definition) is 1. The molecule has 0 radical (unpaired) electrons. The lowest BCUT2D eigenvalue weighted by Gasteiger charge is -2.13. The fraction of sp³-hybridized carbons (Fsp3) is 0.462. The Morgan fingerprint density at radius 1 is 1.50 bits per heavy atom. The zero-order valence-corrected chi connectivity index (χ0v) is 10.9. The molecule has 5 nitrogen and oxygen atoms in total. The second-order valence-electron chi connectivity index (χ2n) is 4.37. The van der Waals surface area contributed by atoms with E-state index in [9.17, 15) is 14.9 Å². The summed E-state index contributed by atoms with van der Waals surface area (Å²) in [6.07, 6.45) is 1.87. The molecule has 5 heteroatoms. The number of hydrogen-bond acceptors (Lipinski definition) is 3. The first-order valence-electron chi connectivity index (χ1n) is 6.02. The van der Waals surface area contributed by atoms with Crippen molar-refractivity contribution in [2.45, 2.75) is 39.7 Å². The summed E-state index contributed by atoms with van der Waals surface area (Å²) in [6, 6.07) is 4.61. The summed E-state index contributed by atoms with van der Waals surface area (Å²) in [4.78, 5) is 22.3. The molecular formula is C13H18N2O3. The molecule has 0 unspecified atom stereocenters. The van der Waals surface area contributed by atoms with E-state index >= 15 is 0 Å². The van der Waals surface area contributed by atoms with E-state index in [1.165, 1.54) is 12.1 Å². The van der Waals surface area contributed by atoms with Crippen molar-refractivity contribution in [3.05, 3.63) is 39.4 Å². The number of rotatable bonds is 5. The summed E-state index contributed by atoms with van der Waals surface area (Å²) >= 11 is 0. The van der Waals surface area contributed by atoms with E-state index in [0.717, 1.165) is 12.8 Å². The maximum absolute atomic E-state index is 12.0. The zero-order valence-electron chi connectivity index (χ0n) is 10.9. The summed E-state index contributed by atoms with van der Waals surface area (Å²) in [7, 11) is 0. The van der Waals surface area contributed by atoms with Crippen LogP contribution in [0.15, 0.2) is 18.2 Å². The number of benzene rings is 1. The van der Waals surface area contributed by atoms with Gasteiger partial charge in [0.1, 0.15) is 0 Å². The van der Waals surface area contributed by atoms with Gasteiger partial charge in [0.2, 0.25) is 0 Å². The van der Waals surface area contributed by atoms with Crippen LogP contribution in [0.5, 0.6) is 0 Å². The molecule has 1 N–H and O–H groups in total. The minimum atomic E-state index is -0.471. The number of nitrogens with zero attached hydrogens (tertiary/aromatic N) is 1. The van der Waals surface area contributed by atoms with Crippen LogP contribution < -0.4 is 5.32 Å². The van der Waals surface area contributed by atoms with Crippen LogP contribution in [0, 0.1) is 17.0 Å². The topological polar surface area (TPSA) is 72.2 Å². The van der Waals surface area contributed by atoms with Crippen LogP contribution in [0.4, 0.5) is 5.69 Å². The van der Waals surface area contributed by atoms with Crippen molar-refractivity contribution in [2.24, 2.45) is 0 Å². The summed E-state index contributed by atoms with van der Waals surface area (Å²) in [5.41, 5.74) is 0.752. The van der Waals surface area contributed by atoms with Gasteiger partial charge in [0.15, 0.2) is 0 Å². The van der Waals surface area contributed by atoms with Crippen LogP contribution in [0.25, 0.3) is 0 Å². The van der Waals surface area contributed by atoms with Crippen molar-refractivity contribution >= 4 is 11.6 Å². The minimum absolute atomic E-state index is 0.0224. The Hall–Kier alpha value is -1.91. The van der Waals surface area contributed by atoms with Crippen LogP contribution in [0.3, 0.4) is 0 Å². The third-order valence-electron chi connectivity index (χ3n) is 2.85. The van der Waals surface area contributed by atoms with Crippen LogP contribution >= 0.6 is 0 Å². The Kier molecular flexibility index (Phi) is 4.83. The molecule has 0 aliphatic carbocycles. The number of nitro benzene ring substituents is 1. The van der Waals surface area contributed by atoms with Crippen molar-refractivity contribution in [2.75, 3.05) is 0 Å². The average molecular weight is 250 g/mol. The van der Waals surface area contributed by atoms with E-state index in [4.69, 9.17) is 0 Å². The first-order chi connectivity index (χ1) is 8.47. The molecular weight excluding hydrogens is 232 g/mol. The number of nitro groups is 1. The Morgan fingerprint density at radius 2 is 2.17 bits per heavy atom. The monoisotopic (exact) mass is 250 g/mol. The van der Waals surface area contributed by atoms with Crippen LogP contribution in [0.1, 0.15) is 42.6 Å². The summed E-state index contributed by atoms with van der Waals surface area (Å²) in [5.74, 6) is -0.253. The smallest absolute Gasteiger partial charge is 0.273 e. The molecule has 0 spiro atoms. The Balaban J connectivity index is 2.93. The predicted octanol–water partition coefficient (Wildman–Crippen LogP) is 2.82. The number of amides is 1. The molecule has 0 aliphatic rings. The second-order valence-corrected chi connectivity index (χ2v) is 4.37. The molecule has 98 valence electrons. The van der Waals surface area contributed by atoms with E-state index in [2.05, 4.69) is 5.32 Å². The van der Waals surface area contributed by atoms with E-state index in [1.807, 2.05) is 13.8 Å². The lowest BCUT2D eigenvalue weighted by atomic mass is 10.1. The summed E-state index contributed by atoms with van der Waals surface area (Å²) < 4.78 is 0. The average Bonchev–Trinajstić information content (AvgIpc) is 2.28. The van der Waals surface area contributed by atoms with Crippen molar-refractivity contribution in [3.63, 3.8) is 0 Å². The molecule has 18 heavy (non-hydrogen) atoms. The van der Waals surface area contributed by atoms with Gasteiger partial charge < -0.3 is 5.32 Å². The predicted molar refractivity (Wildman–Crippen MR) is 69.7 cm³/mol. The highest BCUT2D eigenvalue weighted by atomic mass is 16.6. The molecule has 1 amide bonds. The molecule has 0 aromatic heterocycles. The van der Waals surface area contributed by atoms with E-state index in [1.54, 1.807) is 13.0 Å². The fourth-order valence-electron chi connectivity index (χ4n) is 1.87. The molecule has 1 atom stereocenters. The van der Waals surface area contributed by atoms with Crippen LogP contribution in [-0.2, 0) is 0 Å². The Bertz CT molecular complexity index is 458. The minimum Gasteiger partial charge on any atom is -0.350 e. The van der Waals surface area contributed by atoms with Gasteiger partial charge in [0, 0.05) is 23.2 Å². The number of nitrogens with one attached hydrogen (secondary N) is 1. The lowest BCUT2D eigenvalue weighted by Crippen LogP contribution is -2.32. The van der Waals surface area contributed by atoms with Gasteiger partial charge in [-0.25, -0.2) is 0 Å². The third-order valence-corrected chi connectivity index (χ3v) is 2.85. The zero-order chi connectivity index (χ0) is 13.7. The molecule has 0 aliphatic heterocycles. The first-order valence-corrected chi connectivity index (χ1v) is 6.02. The highest BCUT2D eigenvalue weighted by molar-refractivity contribution is 5.96. The summed E-state index contributed by atoms with van der Waals surface area (Å²) in [6.45, 7) is 5.56. The van der Waals surface area contributed by atoms with E-state index in [0.29, 0.717) is 11.1 Å². The quantitative estimate of drug-likeness (QED) is 0.645. The molecule has 0 saturated carbocycles. The van der Waals surface area contributed by atoms with Gasteiger partial charge in [0.05, 0.1) is 4.92 Å². The van der Waals surface area contributed by atoms with Gasteiger partial charge in [-0.3, -0.25) is 14.9 Å². The SMILES string of the molecule is CCC[C@H](C)NC(=O)c1cccc([N+](=O)[O-])c1C. The molecule has 1 rings (SSSR count). The van der Waals surface area contributed by atoms with Crippen LogP contribution in [-0.4, -0.2) is 16.9 Å². The fourth-order valence-corrected chi connectivity index (χ4v) is 1.87. The third kappa shape index (κ3) is 3.29. The molecule has 0 bridgehead atoms. The van der Waals surface area contributed by atoms with E-state index in [-0.39, 0.29) is 17.6 Å². The van der Waals surface area contributed by atoms with Crippen molar-refractivity contribution in [1.29, 1.82) is 0 Å². The normalized spacial score (nSPS) is 11.9. The number of carbonyl (C=O) groups excluding carboxylic acids is 1. The van der Waals surface area contributed by atoms with Crippen molar-refractivity contribution < 1.29 is 9.72 Å². The van der Waals surface area contributed by atoms with Gasteiger partial charge in [0.25, 0.3) is 11.6 Å². The maximum Gasteiger partial charge on any atom is 0.273 e. The van der Waals surface area contributed by atoms with Crippen molar-refractivity contribution in [1.82, 2.24) is 5.32 Å². The van der Waals surface area contributed by atoms with Gasteiger partial charge in [-0.1, -0.05) is 19.4 Å². The van der Waals surface area contributed by atoms with Crippen molar-refractivity contribution in [3.8, 4) is 0 Å². The molecule has 1 aromatic rings. The first kappa shape index (κ1) is 14.2. The molecule has 0 heterocycles. The van der Waals surface area contributed by atoms with Gasteiger partial charge >= 0.3 is 0 Å². The van der Waals surface area contributed by atoms with Gasteiger partial charge in [-0.2, -0.15) is 0 Å². The standard InChI is InChI=1S/C13H18N2O3/c1-4-6-9(2)14-13(16)11-7-5-8-12(10(11)3)15(17)18/h5,7-9H,4,6H2,1-3H3,(H,14,16)/t9-/m0/s1. The lowest BCUT2D eigenvalue weighted by molar-refractivity contribution is -0.385. The maximum atomic E-state index is 12.0. The molecule has 0 saturated heterocycles. The highest BCUT2D eigenvalue weighted by Gasteiger charge is 2.18. The largest absolute Gasteiger partial charge is 0.350 e. The molecule has 0 fully saturated rings. The summed E-state index contributed by atoms with van der Waals surface area (Å²) in [5, 5.41) is 13.6. The van der Waals surface area contributed by atoms with Gasteiger partial charge in [-0.15, -0.1) is 0 Å². The Labute approximate surface area is 106 Å².